The molecule has 0 aliphatic rings. The number of H-pyrrole nitrogens is 6. The Morgan fingerprint density at radius 2 is 0.822 bits per heavy atom. The van der Waals surface area contributed by atoms with Crippen molar-refractivity contribution in [3.8, 4) is 17.1 Å². The monoisotopic (exact) mass is 1700 g/mol. The minimum absolute atomic E-state index is 0.0288. The molecule has 0 saturated carbocycles. The molecule has 0 saturated heterocycles. The molecule has 0 bridgehead atoms. The Labute approximate surface area is 712 Å². The van der Waals surface area contributed by atoms with Gasteiger partial charge in [-0.1, -0.05) is 152 Å². The van der Waals surface area contributed by atoms with E-state index in [4.69, 9.17) is 89.6 Å². The van der Waals surface area contributed by atoms with Gasteiger partial charge in [0.15, 0.2) is 28.6 Å². The van der Waals surface area contributed by atoms with Gasteiger partial charge in [-0.3, -0.25) is 61.2 Å². The fraction of sp³-hybridized carbons (Fsp3) is 0.154. The summed E-state index contributed by atoms with van der Waals surface area (Å²) in [6.45, 7) is 16.9. The number of aromatic nitrogens is 13. The van der Waals surface area contributed by atoms with E-state index in [2.05, 4.69) is 41.8 Å². The second kappa shape index (κ2) is 39.1. The topological polar surface area (TPSA) is 249 Å². The van der Waals surface area contributed by atoms with E-state index in [9.17, 15) is 28.8 Å². The number of halogens is 1. The normalized spacial score (nSPS) is 10.9. The second-order valence-corrected chi connectivity index (χ2v) is 30.2. The second-order valence-electron chi connectivity index (χ2n) is 27.5. The van der Waals surface area contributed by atoms with Crippen molar-refractivity contribution in [2.24, 2.45) is 0 Å². The van der Waals surface area contributed by atoms with Crippen LogP contribution in [0.5, 0.6) is 0 Å². The average molecular weight is 1700 g/mol. The molecule has 0 radical (unpaired) electrons. The lowest BCUT2D eigenvalue weighted by Gasteiger charge is -2.12. The number of aromatic amines is 6. The van der Waals surface area contributed by atoms with Crippen molar-refractivity contribution in [3.63, 3.8) is 0 Å². The summed E-state index contributed by atoms with van der Waals surface area (Å²) in [7, 11) is 0. The van der Waals surface area contributed by atoms with Gasteiger partial charge in [-0.2, -0.15) is 0 Å². The van der Waals surface area contributed by atoms with Crippen molar-refractivity contribution in [3.05, 3.63) is 389 Å². The van der Waals surface area contributed by atoms with Crippen LogP contribution in [0.2, 0.25) is 5.02 Å². The molecule has 7 heterocycles. The summed E-state index contributed by atoms with van der Waals surface area (Å²) < 4.78 is 17.2. The van der Waals surface area contributed by atoms with Crippen LogP contribution in [0.1, 0.15) is 64.8 Å². The number of fused-ring (bicyclic) bond motifs is 6. The smallest absolute Gasteiger partial charge is 0.266 e. The molecule has 118 heavy (non-hydrogen) atoms. The SMILES string of the molecule is CCOCCCn1c(=S)[nH]c2c(C)cccc2c1=O.CCc1ccccc1-n1c(=S)[nH]c2ccccc2c1=O.Cc1ccc(-n2c(=S)[nH]c3ccccc3c2=O)cc1C.Cc1cccc(-n2c(=S)[nH]c3cc(Cl)ccc3c2=O)c1C.O=c1c2ccccc2[nH]c(=S)n1Cc1ccccc1.O=c1c2ccccc2[nH]c(=S)n1Cc1cccnc1. The number of nitrogens with zero attached hydrogens (tertiary/aromatic N) is 7. The first kappa shape index (κ1) is 85.1. The summed E-state index contributed by atoms with van der Waals surface area (Å²) in [4.78, 5) is 98.0. The Kier molecular flexibility index (Phi) is 28.2. The number of rotatable bonds is 13. The maximum absolute atomic E-state index is 12.8. The van der Waals surface area contributed by atoms with Gasteiger partial charge >= 0.3 is 0 Å². The third kappa shape index (κ3) is 19.5. The van der Waals surface area contributed by atoms with E-state index in [1.54, 1.807) is 65.6 Å². The van der Waals surface area contributed by atoms with Gasteiger partial charge in [0.25, 0.3) is 33.4 Å². The number of pyridine rings is 1. The summed E-state index contributed by atoms with van der Waals surface area (Å²) in [5.41, 5.74) is 15.2. The number of aryl methyl sites for hydroxylation is 5. The predicted octanol–water partition coefficient (Wildman–Crippen LogP) is 20.0. The quantitative estimate of drug-likeness (QED) is 0.0464. The lowest BCUT2D eigenvalue weighted by molar-refractivity contribution is 0.141. The molecular formula is C91H82ClN13O7S6. The van der Waals surface area contributed by atoms with Crippen LogP contribution in [0.4, 0.5) is 0 Å². The van der Waals surface area contributed by atoms with Crippen molar-refractivity contribution in [2.45, 2.75) is 80.9 Å². The van der Waals surface area contributed by atoms with Crippen LogP contribution >= 0.6 is 84.9 Å². The summed E-state index contributed by atoms with van der Waals surface area (Å²) in [6.07, 6.45) is 5.07. The lowest BCUT2D eigenvalue weighted by atomic mass is 10.1. The van der Waals surface area contributed by atoms with Crippen molar-refractivity contribution in [2.75, 3.05) is 13.2 Å². The van der Waals surface area contributed by atoms with E-state index >= 15 is 0 Å². The maximum Gasteiger partial charge on any atom is 0.266 e. The van der Waals surface area contributed by atoms with Crippen molar-refractivity contribution in [1.29, 1.82) is 0 Å². The maximum atomic E-state index is 12.8. The van der Waals surface area contributed by atoms with Crippen LogP contribution in [0.25, 0.3) is 82.5 Å². The number of hydrogen-bond acceptors (Lipinski definition) is 14. The van der Waals surface area contributed by atoms with Gasteiger partial charge in [-0.15, -0.1) is 0 Å². The highest BCUT2D eigenvalue weighted by Crippen LogP contribution is 2.23. The van der Waals surface area contributed by atoms with E-state index in [1.165, 1.54) is 10.1 Å². The van der Waals surface area contributed by atoms with Crippen LogP contribution in [0, 0.1) is 63.2 Å². The third-order valence-electron chi connectivity index (χ3n) is 19.8. The zero-order valence-electron chi connectivity index (χ0n) is 65.4. The molecule has 27 heteroatoms. The highest BCUT2D eigenvalue weighted by Gasteiger charge is 2.16. The van der Waals surface area contributed by atoms with Gasteiger partial charge in [0, 0.05) is 37.2 Å². The predicted molar refractivity (Wildman–Crippen MR) is 492 cm³/mol. The van der Waals surface area contributed by atoms with Crippen LogP contribution < -0.4 is 33.4 Å². The van der Waals surface area contributed by atoms with E-state index in [0.717, 1.165) is 96.4 Å². The third-order valence-corrected chi connectivity index (χ3v) is 21.8. The van der Waals surface area contributed by atoms with E-state index in [1.807, 2.05) is 248 Å². The number of benzene rings is 10. The molecular weight excluding hydrogens is 1610 g/mol. The molecule has 10 aromatic carbocycles. The lowest BCUT2D eigenvalue weighted by Crippen LogP contribution is -2.23. The van der Waals surface area contributed by atoms with Gasteiger partial charge in [0.1, 0.15) is 0 Å². The van der Waals surface area contributed by atoms with E-state index in [-0.39, 0.29) is 33.4 Å². The number of nitrogens with one attached hydrogen (secondary N) is 6. The molecule has 17 aromatic rings. The zero-order chi connectivity index (χ0) is 83.8. The zero-order valence-corrected chi connectivity index (χ0v) is 71.1. The summed E-state index contributed by atoms with van der Waals surface area (Å²) in [5, 5.41) is 4.40. The molecule has 0 spiro atoms. The van der Waals surface area contributed by atoms with Crippen LogP contribution in [0.15, 0.2) is 278 Å². The fourth-order valence-electron chi connectivity index (χ4n) is 13.3. The Morgan fingerprint density at radius 1 is 0.373 bits per heavy atom. The minimum Gasteiger partial charge on any atom is -0.382 e. The van der Waals surface area contributed by atoms with E-state index < -0.39 is 0 Å². The summed E-state index contributed by atoms with van der Waals surface area (Å²) >= 11 is 37.8. The molecule has 0 aliphatic carbocycles. The Morgan fingerprint density at radius 3 is 1.39 bits per heavy atom. The first-order valence-corrected chi connectivity index (χ1v) is 40.6. The van der Waals surface area contributed by atoms with Crippen LogP contribution in [-0.2, 0) is 30.8 Å². The van der Waals surface area contributed by atoms with Gasteiger partial charge < -0.3 is 34.6 Å². The molecule has 7 aromatic heterocycles. The molecule has 0 atom stereocenters. The van der Waals surface area contributed by atoms with Gasteiger partial charge in [-0.05, 0) is 275 Å². The van der Waals surface area contributed by atoms with Crippen LogP contribution in [0.3, 0.4) is 0 Å². The molecule has 596 valence electrons. The number of para-hydroxylation sites is 6. The van der Waals surface area contributed by atoms with Crippen molar-refractivity contribution < 1.29 is 4.74 Å². The highest BCUT2D eigenvalue weighted by molar-refractivity contribution is 7.72. The fourth-order valence-corrected chi connectivity index (χ4v) is 15.1. The molecule has 0 aliphatic heterocycles. The molecule has 0 unspecified atom stereocenters. The highest BCUT2D eigenvalue weighted by atomic mass is 35.5. The molecule has 6 N–H and O–H groups in total. The summed E-state index contributed by atoms with van der Waals surface area (Å²) in [6, 6.07) is 73.6. The average Bonchev–Trinajstić information content (AvgIpc) is 0.795. The first-order chi connectivity index (χ1) is 56.9. The van der Waals surface area contributed by atoms with E-state index in [0.29, 0.717) is 104 Å². The summed E-state index contributed by atoms with van der Waals surface area (Å²) in [5.74, 6) is 0. The molecule has 0 fully saturated rings. The molecule has 17 rings (SSSR count). The number of hydrogen-bond donors (Lipinski definition) is 6. The van der Waals surface area contributed by atoms with Crippen molar-refractivity contribution >= 4 is 150 Å². The minimum atomic E-state index is -0.140. The number of ether oxygens (including phenoxy) is 1. The van der Waals surface area contributed by atoms with Gasteiger partial charge in [-0.25, -0.2) is 0 Å². The van der Waals surface area contributed by atoms with Gasteiger partial charge in [0.05, 0.1) is 95.6 Å². The Balaban J connectivity index is 0.000000130. The molecule has 0 amide bonds. The van der Waals surface area contributed by atoms with Crippen molar-refractivity contribution in [1.82, 2.24) is 62.3 Å². The Hall–Kier alpha value is -12.2. The molecule has 20 nitrogen and oxygen atoms in total. The van der Waals surface area contributed by atoms with Gasteiger partial charge in [0.2, 0.25) is 0 Å². The van der Waals surface area contributed by atoms with Crippen LogP contribution in [-0.4, -0.2) is 75.5 Å². The standard InChI is InChI=1S/C16H13ClN2OS.2C16H14N2OS.C15H12N2OS.C14H11N3OS.C14H18N2O2S/c1-9-4-3-5-14(10(9)2)19-15(20)12-7-6-11(17)8-13(12)18-16(19)21;1-10-7-8-12(9-11(10)2)18-15(19)13-5-3-4-6-14(13)17-16(18)20;1-2-11-7-3-6-10-14(11)18-15(19)12-8-4-5-9-13(12)17-16(18)20;18-14-12-8-4-5-9-13(12)16-15(19)17(14)10-11-6-2-1-3-7-11;18-13-11-5-1-2-6-12(11)16-14(19)17(13)9-10-4-3-7-15-8-10;1-3-18-9-5-8-16-13(17)11-7-4-6-10(2)12(11)15-14(16)19/h3-8H,1-2H3,(H,18,21);3-9H,1-2H3,(H,17,20);3-10H,2H2,1H3,(H,17,20);1-9H,10H2,(H,16,19);1-8H,9H2,(H,16,19);4,6-7H,3,5,8-9H2,1-2H3,(H,15,19). The Bertz CT molecular complexity index is 7270. The largest absolute Gasteiger partial charge is 0.382 e. The first-order valence-electron chi connectivity index (χ1n) is 37.8.